The highest BCUT2D eigenvalue weighted by atomic mass is 19.4. The Kier molecular flexibility index (Phi) is 5.34. The Bertz CT molecular complexity index is 635. The van der Waals surface area contributed by atoms with Gasteiger partial charge in [0.1, 0.15) is 18.2 Å². The molecule has 1 fully saturated rings. The number of aliphatic hydroxyl groups is 2. The summed E-state index contributed by atoms with van der Waals surface area (Å²) in [5.41, 5.74) is 0.975. The number of piperidine rings is 1. The van der Waals surface area contributed by atoms with Crippen molar-refractivity contribution in [3.63, 3.8) is 0 Å². The lowest BCUT2D eigenvalue weighted by Crippen LogP contribution is -2.53. The third kappa shape index (κ3) is 3.48. The molecule has 9 heteroatoms. The van der Waals surface area contributed by atoms with Crippen molar-refractivity contribution in [1.82, 2.24) is 10.6 Å². The summed E-state index contributed by atoms with van der Waals surface area (Å²) >= 11 is 0. The molecule has 1 aromatic rings. The van der Waals surface area contributed by atoms with Crippen molar-refractivity contribution >= 4 is 5.69 Å². The van der Waals surface area contributed by atoms with Crippen molar-refractivity contribution in [2.24, 2.45) is 0 Å². The standard InChI is InChI=1S/C17H24F3N3O3/c1-26-12-4-2-3-11-14(12)16(5-7-21-8-6-16)15(25)23(11)9-13(24)22-10-17(18,19)20/h2-4,13,15,21-22,24-25H,5-10H2,1H3. The van der Waals surface area contributed by atoms with E-state index < -0.39 is 30.6 Å². The molecule has 0 radical (unpaired) electrons. The first-order chi connectivity index (χ1) is 12.3. The van der Waals surface area contributed by atoms with Crippen LogP contribution in [0.25, 0.3) is 0 Å². The summed E-state index contributed by atoms with van der Waals surface area (Å²) < 4.78 is 42.6. The maximum Gasteiger partial charge on any atom is 0.401 e. The Morgan fingerprint density at radius 2 is 2.08 bits per heavy atom. The number of nitrogens with one attached hydrogen (secondary N) is 2. The molecule has 6 nitrogen and oxygen atoms in total. The minimum absolute atomic E-state index is 0.160. The van der Waals surface area contributed by atoms with Crippen molar-refractivity contribution in [3.05, 3.63) is 23.8 Å². The Morgan fingerprint density at radius 1 is 1.38 bits per heavy atom. The van der Waals surface area contributed by atoms with Crippen LogP contribution >= 0.6 is 0 Å². The lowest BCUT2D eigenvalue weighted by molar-refractivity contribution is -0.130. The fraction of sp³-hybridized carbons (Fsp3) is 0.647. The molecular formula is C17H24F3N3O3. The Balaban J connectivity index is 1.88. The largest absolute Gasteiger partial charge is 0.496 e. The molecule has 0 amide bonds. The normalized spacial score (nSPS) is 23.2. The third-order valence-electron chi connectivity index (χ3n) is 5.22. The molecule has 146 valence electrons. The average molecular weight is 375 g/mol. The number of halogens is 3. The van der Waals surface area contributed by atoms with Crippen molar-refractivity contribution in [3.8, 4) is 5.75 Å². The molecule has 1 spiro atoms. The van der Waals surface area contributed by atoms with Crippen LogP contribution in [0.15, 0.2) is 18.2 Å². The molecular weight excluding hydrogens is 351 g/mol. The second-order valence-corrected chi connectivity index (χ2v) is 6.80. The van der Waals surface area contributed by atoms with E-state index in [-0.39, 0.29) is 6.54 Å². The lowest BCUT2D eigenvalue weighted by Gasteiger charge is -2.39. The van der Waals surface area contributed by atoms with Crippen LogP contribution < -0.4 is 20.3 Å². The summed E-state index contributed by atoms with van der Waals surface area (Å²) in [6.07, 6.45) is -5.45. The quantitative estimate of drug-likeness (QED) is 0.574. The number of anilines is 1. The molecule has 0 aliphatic carbocycles. The predicted octanol–water partition coefficient (Wildman–Crippen LogP) is 0.925. The minimum atomic E-state index is -4.41. The molecule has 3 rings (SSSR count). The predicted molar refractivity (Wildman–Crippen MR) is 90.2 cm³/mol. The number of β-amino-alcohol motifs (C(OH)–C–C–N with tert-alkyl or cyclic N) is 1. The van der Waals surface area contributed by atoms with Gasteiger partial charge in [0.25, 0.3) is 0 Å². The van der Waals surface area contributed by atoms with E-state index in [1.165, 1.54) is 0 Å². The summed E-state index contributed by atoms with van der Waals surface area (Å²) in [7, 11) is 1.55. The van der Waals surface area contributed by atoms with E-state index in [0.717, 1.165) is 18.7 Å². The fourth-order valence-electron chi connectivity index (χ4n) is 4.05. The van der Waals surface area contributed by atoms with Gasteiger partial charge in [0.15, 0.2) is 0 Å². The van der Waals surface area contributed by atoms with Gasteiger partial charge >= 0.3 is 6.18 Å². The topological polar surface area (TPSA) is 77.0 Å². The average Bonchev–Trinajstić information content (AvgIpc) is 2.83. The van der Waals surface area contributed by atoms with Gasteiger partial charge in [0.2, 0.25) is 0 Å². The monoisotopic (exact) mass is 375 g/mol. The Labute approximate surface area is 149 Å². The van der Waals surface area contributed by atoms with Gasteiger partial charge in [-0.15, -0.1) is 0 Å². The van der Waals surface area contributed by atoms with Gasteiger partial charge in [0, 0.05) is 16.7 Å². The van der Waals surface area contributed by atoms with Crippen LogP contribution in [0.4, 0.5) is 18.9 Å². The van der Waals surface area contributed by atoms with Crippen molar-refractivity contribution in [1.29, 1.82) is 0 Å². The second kappa shape index (κ2) is 7.22. The molecule has 0 saturated carbocycles. The van der Waals surface area contributed by atoms with Crippen molar-refractivity contribution < 1.29 is 28.1 Å². The number of hydrogen-bond acceptors (Lipinski definition) is 6. The van der Waals surface area contributed by atoms with E-state index in [1.54, 1.807) is 24.1 Å². The zero-order valence-electron chi connectivity index (χ0n) is 14.5. The summed E-state index contributed by atoms with van der Waals surface area (Å²) in [4.78, 5) is 1.57. The van der Waals surface area contributed by atoms with Gasteiger partial charge in [-0.3, -0.25) is 5.32 Å². The number of benzene rings is 1. The molecule has 1 aromatic carbocycles. The van der Waals surface area contributed by atoms with Crippen LogP contribution in [0.1, 0.15) is 18.4 Å². The van der Waals surface area contributed by atoms with Crippen LogP contribution in [-0.2, 0) is 5.41 Å². The van der Waals surface area contributed by atoms with Crippen LogP contribution in [-0.4, -0.2) is 62.1 Å². The number of ether oxygens (including phenoxy) is 1. The van der Waals surface area contributed by atoms with Crippen LogP contribution in [0, 0.1) is 0 Å². The molecule has 0 aromatic heterocycles. The molecule has 2 heterocycles. The van der Waals surface area contributed by atoms with Gasteiger partial charge in [-0.1, -0.05) is 6.07 Å². The molecule has 0 bridgehead atoms. The number of rotatable bonds is 5. The fourth-order valence-corrected chi connectivity index (χ4v) is 4.05. The summed E-state index contributed by atoms with van der Waals surface area (Å²) in [5.74, 6) is 0.642. The van der Waals surface area contributed by atoms with E-state index in [1.807, 2.05) is 6.07 Å². The molecule has 2 unspecified atom stereocenters. The minimum Gasteiger partial charge on any atom is -0.496 e. The van der Waals surface area contributed by atoms with Crippen LogP contribution in [0.2, 0.25) is 0 Å². The Hall–Kier alpha value is -1.55. The molecule has 2 atom stereocenters. The lowest BCUT2D eigenvalue weighted by atomic mass is 9.73. The van der Waals surface area contributed by atoms with Gasteiger partial charge in [0.05, 0.1) is 20.2 Å². The Morgan fingerprint density at radius 3 is 2.69 bits per heavy atom. The molecule has 1 saturated heterocycles. The first kappa shape index (κ1) is 19.2. The third-order valence-corrected chi connectivity index (χ3v) is 5.22. The highest BCUT2D eigenvalue weighted by Gasteiger charge is 2.52. The molecule has 2 aliphatic rings. The van der Waals surface area contributed by atoms with Crippen LogP contribution in [0.5, 0.6) is 5.75 Å². The maximum absolute atomic E-state index is 12.4. The maximum atomic E-state index is 12.4. The van der Waals surface area contributed by atoms with Crippen molar-refractivity contribution in [2.75, 3.05) is 38.2 Å². The molecule has 4 N–H and O–H groups in total. The van der Waals surface area contributed by atoms with Crippen LogP contribution in [0.3, 0.4) is 0 Å². The van der Waals surface area contributed by atoms with E-state index in [4.69, 9.17) is 4.74 Å². The van der Waals surface area contributed by atoms with E-state index in [9.17, 15) is 23.4 Å². The number of fused-ring (bicyclic) bond motifs is 2. The summed E-state index contributed by atoms with van der Waals surface area (Å²) in [6.45, 7) is -0.0146. The highest BCUT2D eigenvalue weighted by molar-refractivity contribution is 5.69. The van der Waals surface area contributed by atoms with Crippen molar-refractivity contribution in [2.45, 2.75) is 36.9 Å². The summed E-state index contributed by atoms with van der Waals surface area (Å²) in [5, 5.41) is 26.4. The first-order valence-electron chi connectivity index (χ1n) is 8.59. The van der Waals surface area contributed by atoms with Gasteiger partial charge in [-0.25, -0.2) is 0 Å². The van der Waals surface area contributed by atoms with Gasteiger partial charge in [-0.2, -0.15) is 13.2 Å². The molecule has 26 heavy (non-hydrogen) atoms. The first-order valence-corrected chi connectivity index (χ1v) is 8.59. The molecule has 2 aliphatic heterocycles. The zero-order chi connectivity index (χ0) is 18.9. The van der Waals surface area contributed by atoms with Gasteiger partial charge in [-0.05, 0) is 38.1 Å². The summed E-state index contributed by atoms with van der Waals surface area (Å²) in [6, 6.07) is 5.39. The van der Waals surface area contributed by atoms with E-state index in [2.05, 4.69) is 10.6 Å². The zero-order valence-corrected chi connectivity index (χ0v) is 14.5. The van der Waals surface area contributed by atoms with E-state index in [0.29, 0.717) is 24.3 Å². The SMILES string of the molecule is COc1cccc2c1C1(CCNCC1)C(O)N2CC(O)NCC(F)(F)F. The number of aliphatic hydroxyl groups excluding tert-OH is 2. The number of alkyl halides is 3. The smallest absolute Gasteiger partial charge is 0.401 e. The highest BCUT2D eigenvalue weighted by Crippen LogP contribution is 2.53. The number of hydrogen-bond donors (Lipinski definition) is 4. The van der Waals surface area contributed by atoms with Gasteiger partial charge < -0.3 is 25.2 Å². The number of nitrogens with zero attached hydrogens (tertiary/aromatic N) is 1. The van der Waals surface area contributed by atoms with E-state index >= 15 is 0 Å². The number of methoxy groups -OCH3 is 1. The second-order valence-electron chi connectivity index (χ2n) is 6.80.